The fraction of sp³-hybridized carbons (Fsp3) is 0.417. The molecule has 88 valence electrons. The number of carbonyl (C=O) groups is 1. The lowest BCUT2D eigenvalue weighted by Gasteiger charge is -2.21. The van der Waals surface area contributed by atoms with E-state index in [9.17, 15) is 4.79 Å². The van der Waals surface area contributed by atoms with Gasteiger partial charge in [0.15, 0.2) is 0 Å². The minimum atomic E-state index is 0.00317. The van der Waals surface area contributed by atoms with E-state index in [1.165, 1.54) is 0 Å². The van der Waals surface area contributed by atoms with Crippen LogP contribution in [0.5, 0.6) is 0 Å². The van der Waals surface area contributed by atoms with Gasteiger partial charge >= 0.3 is 0 Å². The summed E-state index contributed by atoms with van der Waals surface area (Å²) in [6.07, 6.45) is 0.615. The first-order chi connectivity index (χ1) is 7.70. The van der Waals surface area contributed by atoms with Gasteiger partial charge in [-0.05, 0) is 41.4 Å². The van der Waals surface area contributed by atoms with Gasteiger partial charge in [0.2, 0.25) is 0 Å². The van der Waals surface area contributed by atoms with E-state index in [-0.39, 0.29) is 12.5 Å². The van der Waals surface area contributed by atoms with Crippen molar-refractivity contribution in [2.75, 3.05) is 19.7 Å². The Kier molecular flexibility index (Phi) is 5.49. The molecule has 0 heterocycles. The summed E-state index contributed by atoms with van der Waals surface area (Å²) in [5, 5.41) is 8.77. The maximum Gasteiger partial charge on any atom is 0.254 e. The highest BCUT2D eigenvalue weighted by atomic mass is 79.9. The fourth-order valence-corrected chi connectivity index (χ4v) is 1.92. The van der Waals surface area contributed by atoms with Crippen molar-refractivity contribution in [3.8, 4) is 0 Å². The fourth-order valence-electron chi connectivity index (χ4n) is 1.47. The van der Waals surface area contributed by atoms with E-state index in [1.807, 2.05) is 25.1 Å². The first kappa shape index (κ1) is 13.2. The largest absolute Gasteiger partial charge is 0.396 e. The standard InChI is InChI=1S/C12H16BrNO2/c1-2-14(8-5-9-15)12(16)10-6-3-4-7-11(10)13/h3-4,6-7,15H,2,5,8-9H2,1H3. The molecule has 1 aromatic rings. The lowest BCUT2D eigenvalue weighted by molar-refractivity contribution is 0.0753. The van der Waals surface area contributed by atoms with Crippen molar-refractivity contribution in [3.63, 3.8) is 0 Å². The second-order valence-electron chi connectivity index (χ2n) is 3.44. The van der Waals surface area contributed by atoms with Gasteiger partial charge in [-0.3, -0.25) is 4.79 Å². The first-order valence-electron chi connectivity index (χ1n) is 5.35. The summed E-state index contributed by atoms with van der Waals surface area (Å²) >= 11 is 3.37. The average molecular weight is 286 g/mol. The Labute approximate surface area is 104 Å². The van der Waals surface area contributed by atoms with Gasteiger partial charge in [-0.2, -0.15) is 0 Å². The molecular weight excluding hydrogens is 270 g/mol. The molecule has 1 amide bonds. The van der Waals surface area contributed by atoms with E-state index in [2.05, 4.69) is 15.9 Å². The summed E-state index contributed by atoms with van der Waals surface area (Å²) in [4.78, 5) is 13.8. The number of halogens is 1. The van der Waals surface area contributed by atoms with E-state index in [0.29, 0.717) is 25.1 Å². The van der Waals surface area contributed by atoms with Crippen molar-refractivity contribution in [2.24, 2.45) is 0 Å². The zero-order chi connectivity index (χ0) is 12.0. The van der Waals surface area contributed by atoms with Crippen LogP contribution in [0.2, 0.25) is 0 Å². The van der Waals surface area contributed by atoms with Gasteiger partial charge in [0.1, 0.15) is 0 Å². The van der Waals surface area contributed by atoms with Gasteiger partial charge in [-0.25, -0.2) is 0 Å². The van der Waals surface area contributed by atoms with Crippen LogP contribution in [0.3, 0.4) is 0 Å². The van der Waals surface area contributed by atoms with Crippen LogP contribution in [0.1, 0.15) is 23.7 Å². The number of carbonyl (C=O) groups excluding carboxylic acids is 1. The Balaban J connectivity index is 2.79. The molecule has 0 saturated carbocycles. The molecule has 1 rings (SSSR count). The monoisotopic (exact) mass is 285 g/mol. The topological polar surface area (TPSA) is 40.5 Å². The van der Waals surface area contributed by atoms with Crippen LogP contribution in [0, 0.1) is 0 Å². The summed E-state index contributed by atoms with van der Waals surface area (Å²) in [6, 6.07) is 7.38. The van der Waals surface area contributed by atoms with E-state index in [4.69, 9.17) is 5.11 Å². The molecule has 0 radical (unpaired) electrons. The maximum atomic E-state index is 12.1. The highest BCUT2D eigenvalue weighted by molar-refractivity contribution is 9.10. The highest BCUT2D eigenvalue weighted by Gasteiger charge is 2.15. The molecule has 4 heteroatoms. The predicted octanol–water partition coefficient (Wildman–Crippen LogP) is 2.29. The Bertz CT molecular complexity index is 355. The molecular formula is C12H16BrNO2. The number of hydrogen-bond acceptors (Lipinski definition) is 2. The van der Waals surface area contributed by atoms with Crippen molar-refractivity contribution < 1.29 is 9.90 Å². The van der Waals surface area contributed by atoms with Crippen molar-refractivity contribution in [1.82, 2.24) is 4.90 Å². The Morgan fingerprint density at radius 3 is 2.69 bits per heavy atom. The lowest BCUT2D eigenvalue weighted by Crippen LogP contribution is -2.32. The van der Waals surface area contributed by atoms with Crippen molar-refractivity contribution in [3.05, 3.63) is 34.3 Å². The third-order valence-corrected chi connectivity index (χ3v) is 3.05. The molecule has 3 nitrogen and oxygen atoms in total. The molecule has 1 aromatic carbocycles. The van der Waals surface area contributed by atoms with E-state index < -0.39 is 0 Å². The van der Waals surface area contributed by atoms with Gasteiger partial charge in [-0.15, -0.1) is 0 Å². The van der Waals surface area contributed by atoms with Gasteiger partial charge in [-0.1, -0.05) is 12.1 Å². The molecule has 1 N–H and O–H groups in total. The zero-order valence-electron chi connectivity index (χ0n) is 9.32. The first-order valence-corrected chi connectivity index (χ1v) is 6.14. The molecule has 0 aliphatic rings. The minimum absolute atomic E-state index is 0.00317. The zero-order valence-corrected chi connectivity index (χ0v) is 10.9. The number of hydrogen-bond donors (Lipinski definition) is 1. The number of amides is 1. The molecule has 16 heavy (non-hydrogen) atoms. The smallest absolute Gasteiger partial charge is 0.254 e. The molecule has 0 atom stereocenters. The molecule has 0 bridgehead atoms. The van der Waals surface area contributed by atoms with Crippen molar-refractivity contribution >= 4 is 21.8 Å². The number of aliphatic hydroxyl groups excluding tert-OH is 1. The second-order valence-corrected chi connectivity index (χ2v) is 4.30. The van der Waals surface area contributed by atoms with Crippen LogP contribution < -0.4 is 0 Å². The van der Waals surface area contributed by atoms with Crippen LogP contribution in [-0.2, 0) is 0 Å². The van der Waals surface area contributed by atoms with Crippen LogP contribution >= 0.6 is 15.9 Å². The maximum absolute atomic E-state index is 12.1. The summed E-state index contributed by atoms with van der Waals surface area (Å²) in [6.45, 7) is 3.29. The molecule has 0 aliphatic carbocycles. The van der Waals surface area contributed by atoms with Crippen LogP contribution in [-0.4, -0.2) is 35.6 Å². The number of nitrogens with zero attached hydrogens (tertiary/aromatic N) is 1. The molecule has 0 unspecified atom stereocenters. The highest BCUT2D eigenvalue weighted by Crippen LogP contribution is 2.17. The Morgan fingerprint density at radius 1 is 1.44 bits per heavy atom. The summed E-state index contributed by atoms with van der Waals surface area (Å²) in [5.41, 5.74) is 0.669. The second kappa shape index (κ2) is 6.66. The number of benzene rings is 1. The average Bonchev–Trinajstić information content (AvgIpc) is 2.30. The van der Waals surface area contributed by atoms with E-state index >= 15 is 0 Å². The van der Waals surface area contributed by atoms with E-state index in [0.717, 1.165) is 4.47 Å². The minimum Gasteiger partial charge on any atom is -0.396 e. The normalized spacial score (nSPS) is 10.2. The third kappa shape index (κ3) is 3.32. The SMILES string of the molecule is CCN(CCCO)C(=O)c1ccccc1Br. The van der Waals surface area contributed by atoms with Gasteiger partial charge in [0.05, 0.1) is 5.56 Å². The summed E-state index contributed by atoms with van der Waals surface area (Å²) in [5.74, 6) is 0.00317. The molecule has 0 fully saturated rings. The lowest BCUT2D eigenvalue weighted by atomic mass is 10.2. The number of aliphatic hydroxyl groups is 1. The Morgan fingerprint density at radius 2 is 2.12 bits per heavy atom. The van der Waals surface area contributed by atoms with Crippen LogP contribution in [0.15, 0.2) is 28.7 Å². The summed E-state index contributed by atoms with van der Waals surface area (Å²) in [7, 11) is 0. The quantitative estimate of drug-likeness (QED) is 0.902. The molecule has 0 spiro atoms. The van der Waals surface area contributed by atoms with Crippen LogP contribution in [0.4, 0.5) is 0 Å². The number of rotatable bonds is 5. The van der Waals surface area contributed by atoms with E-state index in [1.54, 1.807) is 11.0 Å². The summed E-state index contributed by atoms with van der Waals surface area (Å²) < 4.78 is 0.808. The van der Waals surface area contributed by atoms with Gasteiger partial charge in [0.25, 0.3) is 5.91 Å². The van der Waals surface area contributed by atoms with Gasteiger partial charge < -0.3 is 10.0 Å². The van der Waals surface area contributed by atoms with Crippen molar-refractivity contribution in [2.45, 2.75) is 13.3 Å². The molecule has 0 saturated heterocycles. The Hall–Kier alpha value is -0.870. The van der Waals surface area contributed by atoms with Crippen LogP contribution in [0.25, 0.3) is 0 Å². The third-order valence-electron chi connectivity index (χ3n) is 2.36. The molecule has 0 aliphatic heterocycles. The molecule has 0 aromatic heterocycles. The predicted molar refractivity (Wildman–Crippen MR) is 67.4 cm³/mol. The van der Waals surface area contributed by atoms with Gasteiger partial charge in [0, 0.05) is 24.2 Å². The van der Waals surface area contributed by atoms with Crippen molar-refractivity contribution in [1.29, 1.82) is 0 Å².